The average Bonchev–Trinajstić information content (AvgIpc) is 2.13. The maximum Gasteiger partial charge on any atom is 0.137 e. The summed E-state index contributed by atoms with van der Waals surface area (Å²) in [5.74, 6) is 0. The van der Waals surface area contributed by atoms with Gasteiger partial charge >= 0.3 is 0 Å². The van der Waals surface area contributed by atoms with Crippen LogP contribution in [0.3, 0.4) is 0 Å². The maximum absolute atomic E-state index is 12.9. The molecule has 0 N–H and O–H groups in total. The summed E-state index contributed by atoms with van der Waals surface area (Å²) in [6, 6.07) is 0. The Labute approximate surface area is 67.1 Å². The first-order valence-corrected chi connectivity index (χ1v) is 3.93. The van der Waals surface area contributed by atoms with E-state index in [4.69, 9.17) is 0 Å². The van der Waals surface area contributed by atoms with Crippen LogP contribution in [0.2, 0.25) is 0 Å². The number of rotatable bonds is 1. The van der Waals surface area contributed by atoms with E-state index in [0.717, 1.165) is 17.6 Å². The Kier molecular flexibility index (Phi) is 2.64. The highest BCUT2D eigenvalue weighted by Gasteiger charge is 2.01. The van der Waals surface area contributed by atoms with Crippen molar-refractivity contribution >= 4 is 0 Å². The van der Waals surface area contributed by atoms with Crippen LogP contribution in [0.1, 0.15) is 20.3 Å². The van der Waals surface area contributed by atoms with E-state index in [9.17, 15) is 4.39 Å². The van der Waals surface area contributed by atoms with Crippen LogP contribution in [-0.2, 0) is 0 Å². The van der Waals surface area contributed by atoms with Crippen molar-refractivity contribution in [1.82, 2.24) is 0 Å². The summed E-state index contributed by atoms with van der Waals surface area (Å²) in [6.45, 7) is 4.02. The molecule has 1 unspecified atom stereocenters. The predicted octanol–water partition coefficient (Wildman–Crippen LogP) is 3.18. The molecule has 0 heterocycles. The lowest BCUT2D eigenvalue weighted by atomic mass is 10.1. The van der Waals surface area contributed by atoms with E-state index in [2.05, 4.69) is 0 Å². The minimum Gasteiger partial charge on any atom is -0.238 e. The van der Waals surface area contributed by atoms with Gasteiger partial charge in [0, 0.05) is 0 Å². The van der Waals surface area contributed by atoms with Gasteiger partial charge in [-0.3, -0.25) is 0 Å². The van der Waals surface area contributed by atoms with Crippen molar-refractivity contribution in [2.45, 2.75) is 26.4 Å². The van der Waals surface area contributed by atoms with Gasteiger partial charge in [0.1, 0.15) is 6.17 Å². The molecule has 1 atom stereocenters. The molecule has 0 aliphatic heterocycles. The van der Waals surface area contributed by atoms with Crippen molar-refractivity contribution in [3.05, 3.63) is 35.5 Å². The molecule has 0 aromatic carbocycles. The first-order valence-electron chi connectivity index (χ1n) is 3.93. The summed E-state index contributed by atoms with van der Waals surface area (Å²) in [4.78, 5) is 0. The second-order valence-corrected chi connectivity index (χ2v) is 2.79. The molecule has 0 bridgehead atoms. The molecule has 0 radical (unpaired) electrons. The first kappa shape index (κ1) is 8.25. The van der Waals surface area contributed by atoms with E-state index in [0.29, 0.717) is 0 Å². The molecule has 0 fully saturated rings. The monoisotopic (exact) mass is 152 g/mol. The van der Waals surface area contributed by atoms with Crippen LogP contribution in [0.5, 0.6) is 0 Å². The highest BCUT2D eigenvalue weighted by Crippen LogP contribution is 2.14. The molecule has 1 aliphatic rings. The van der Waals surface area contributed by atoms with E-state index in [1.54, 1.807) is 12.2 Å². The Hall–Kier alpha value is -0.850. The highest BCUT2D eigenvalue weighted by atomic mass is 19.1. The molecule has 60 valence electrons. The molecule has 0 spiro atoms. The van der Waals surface area contributed by atoms with Crippen LogP contribution in [0.25, 0.3) is 0 Å². The van der Waals surface area contributed by atoms with Crippen molar-refractivity contribution < 1.29 is 4.39 Å². The van der Waals surface area contributed by atoms with E-state index in [1.807, 2.05) is 26.0 Å². The van der Waals surface area contributed by atoms with Crippen LogP contribution in [-0.4, -0.2) is 6.17 Å². The molecule has 11 heavy (non-hydrogen) atoms. The Morgan fingerprint density at radius 1 is 1.55 bits per heavy atom. The third-order valence-electron chi connectivity index (χ3n) is 1.74. The molecule has 1 aliphatic carbocycles. The summed E-state index contributed by atoms with van der Waals surface area (Å²) in [5.41, 5.74) is 2.21. The molecule has 0 saturated carbocycles. The Balaban J connectivity index is 2.86. The molecule has 1 rings (SSSR count). The van der Waals surface area contributed by atoms with E-state index in [-0.39, 0.29) is 0 Å². The summed E-state index contributed by atoms with van der Waals surface area (Å²) in [7, 11) is 0. The predicted molar refractivity (Wildman–Crippen MR) is 46.2 cm³/mol. The number of halogens is 1. The van der Waals surface area contributed by atoms with E-state index >= 15 is 0 Å². The largest absolute Gasteiger partial charge is 0.238 e. The Bertz CT molecular complexity index is 221. The van der Waals surface area contributed by atoms with Gasteiger partial charge in [0.15, 0.2) is 0 Å². The van der Waals surface area contributed by atoms with E-state index < -0.39 is 6.17 Å². The second-order valence-electron chi connectivity index (χ2n) is 2.79. The molecule has 0 saturated heterocycles. The van der Waals surface area contributed by atoms with Gasteiger partial charge in [-0.25, -0.2) is 4.39 Å². The van der Waals surface area contributed by atoms with Gasteiger partial charge in [0.2, 0.25) is 0 Å². The number of hydrogen-bond acceptors (Lipinski definition) is 0. The van der Waals surface area contributed by atoms with Gasteiger partial charge in [0.05, 0.1) is 0 Å². The maximum atomic E-state index is 12.9. The number of allylic oxidation sites excluding steroid dienone is 6. The van der Waals surface area contributed by atoms with Gasteiger partial charge in [-0.1, -0.05) is 24.6 Å². The molecular formula is C10H13F. The van der Waals surface area contributed by atoms with Crippen LogP contribution in [0.4, 0.5) is 4.39 Å². The second kappa shape index (κ2) is 3.51. The summed E-state index contributed by atoms with van der Waals surface area (Å²) in [6.07, 6.45) is 7.08. The van der Waals surface area contributed by atoms with Crippen molar-refractivity contribution in [1.29, 1.82) is 0 Å². The molecule has 0 nitrogen and oxygen atoms in total. The fraction of sp³-hybridized carbons (Fsp3) is 0.400. The van der Waals surface area contributed by atoms with Crippen LogP contribution in [0, 0.1) is 0 Å². The Morgan fingerprint density at radius 3 is 2.91 bits per heavy atom. The highest BCUT2D eigenvalue weighted by molar-refractivity contribution is 5.34. The SMILES string of the molecule is CCC1=CC(F)C=CC(C)=C1. The lowest BCUT2D eigenvalue weighted by Gasteiger charge is -1.96. The zero-order valence-electron chi connectivity index (χ0n) is 6.97. The van der Waals surface area contributed by atoms with Gasteiger partial charge < -0.3 is 0 Å². The zero-order valence-corrected chi connectivity index (χ0v) is 6.97. The summed E-state index contributed by atoms with van der Waals surface area (Å²) < 4.78 is 12.9. The van der Waals surface area contributed by atoms with Gasteiger partial charge in [-0.05, 0) is 31.1 Å². The summed E-state index contributed by atoms with van der Waals surface area (Å²) in [5, 5.41) is 0. The molecule has 1 heteroatoms. The molecule has 0 amide bonds. The third-order valence-corrected chi connectivity index (χ3v) is 1.74. The van der Waals surface area contributed by atoms with Crippen molar-refractivity contribution in [2.24, 2.45) is 0 Å². The normalized spacial score (nSPS) is 24.1. The van der Waals surface area contributed by atoms with Crippen LogP contribution < -0.4 is 0 Å². The third kappa shape index (κ3) is 2.34. The van der Waals surface area contributed by atoms with Gasteiger partial charge in [-0.2, -0.15) is 0 Å². The Morgan fingerprint density at radius 2 is 2.27 bits per heavy atom. The first-order chi connectivity index (χ1) is 5.22. The van der Waals surface area contributed by atoms with Crippen molar-refractivity contribution in [3.8, 4) is 0 Å². The van der Waals surface area contributed by atoms with E-state index in [1.165, 1.54) is 0 Å². The topological polar surface area (TPSA) is 0 Å². The average molecular weight is 152 g/mol. The minimum atomic E-state index is -0.904. The van der Waals surface area contributed by atoms with Crippen molar-refractivity contribution in [3.63, 3.8) is 0 Å². The fourth-order valence-electron chi connectivity index (χ4n) is 1.11. The smallest absolute Gasteiger partial charge is 0.137 e. The quantitative estimate of drug-likeness (QED) is 0.541. The van der Waals surface area contributed by atoms with Gasteiger partial charge in [0.25, 0.3) is 0 Å². The molecule has 0 aromatic rings. The number of alkyl halides is 1. The standard InChI is InChI=1S/C10H13F/c1-3-9-6-8(2)4-5-10(11)7-9/h4-7,10H,3H2,1-2H3. The summed E-state index contributed by atoms with van der Waals surface area (Å²) >= 11 is 0. The molecule has 0 aromatic heterocycles. The van der Waals surface area contributed by atoms with Crippen molar-refractivity contribution in [2.75, 3.05) is 0 Å². The number of hydrogen-bond donors (Lipinski definition) is 0. The lowest BCUT2D eigenvalue weighted by molar-refractivity contribution is 0.467. The van der Waals surface area contributed by atoms with Crippen LogP contribution >= 0.6 is 0 Å². The lowest BCUT2D eigenvalue weighted by Crippen LogP contribution is -1.88. The molecular weight excluding hydrogens is 139 g/mol. The minimum absolute atomic E-state index is 0.902. The van der Waals surface area contributed by atoms with Gasteiger partial charge in [-0.15, -0.1) is 0 Å². The fourth-order valence-corrected chi connectivity index (χ4v) is 1.11. The zero-order chi connectivity index (χ0) is 8.27. The van der Waals surface area contributed by atoms with Crippen LogP contribution in [0.15, 0.2) is 35.5 Å².